The average Bonchev–Trinajstić information content (AvgIpc) is 3.29. The Labute approximate surface area is 143 Å². The second kappa shape index (κ2) is 7.80. The summed E-state index contributed by atoms with van der Waals surface area (Å²) in [6, 6.07) is 3.66. The van der Waals surface area contributed by atoms with Crippen molar-refractivity contribution in [3.05, 3.63) is 24.0 Å². The van der Waals surface area contributed by atoms with Crippen molar-refractivity contribution in [1.82, 2.24) is 4.72 Å². The zero-order valence-electron chi connectivity index (χ0n) is 14.3. The van der Waals surface area contributed by atoms with Crippen LogP contribution >= 0.6 is 0 Å². The predicted molar refractivity (Wildman–Crippen MR) is 91.9 cm³/mol. The van der Waals surface area contributed by atoms with E-state index in [1.807, 2.05) is 13.8 Å². The molecule has 3 N–H and O–H groups in total. The zero-order valence-corrected chi connectivity index (χ0v) is 15.2. The third-order valence-electron chi connectivity index (χ3n) is 4.05. The van der Waals surface area contributed by atoms with Crippen LogP contribution in [0.5, 0.6) is 5.75 Å². The van der Waals surface area contributed by atoms with Gasteiger partial charge in [-0.2, -0.15) is 0 Å². The van der Waals surface area contributed by atoms with Gasteiger partial charge in [0.2, 0.25) is 10.0 Å². The molecular weight excluding hydrogens is 331 g/mol. The highest BCUT2D eigenvalue weighted by Crippen LogP contribution is 2.31. The van der Waals surface area contributed by atoms with Gasteiger partial charge in [-0.05, 0) is 64.1 Å². The van der Waals surface area contributed by atoms with Crippen molar-refractivity contribution >= 4 is 10.0 Å². The van der Waals surface area contributed by atoms with Crippen LogP contribution in [0.25, 0.3) is 0 Å². The van der Waals surface area contributed by atoms with Gasteiger partial charge in [0.1, 0.15) is 0 Å². The lowest BCUT2D eigenvalue weighted by atomic mass is 9.99. The van der Waals surface area contributed by atoms with Gasteiger partial charge in [0, 0.05) is 11.6 Å². The monoisotopic (exact) mass is 358 g/mol. The molecule has 1 aliphatic carbocycles. The van der Waals surface area contributed by atoms with Gasteiger partial charge in [-0.3, -0.25) is 0 Å². The van der Waals surface area contributed by atoms with Crippen molar-refractivity contribution in [3.63, 3.8) is 0 Å². The molecule has 1 saturated carbocycles. The molecule has 0 unspecified atom stereocenters. The largest absolute Gasteiger partial charge is 0.490 e. The van der Waals surface area contributed by atoms with E-state index in [1.54, 1.807) is 0 Å². The van der Waals surface area contributed by atoms with E-state index < -0.39 is 21.4 Å². The smallest absolute Gasteiger partial charge is 0.241 e. The normalized spacial score (nSPS) is 15.5. The maximum Gasteiger partial charge on any atom is 0.241 e. The van der Waals surface area contributed by atoms with Crippen LogP contribution in [0.15, 0.2) is 23.1 Å². The van der Waals surface area contributed by atoms with Crippen LogP contribution in [0.2, 0.25) is 0 Å². The highest BCUT2D eigenvalue weighted by atomic mass is 32.2. The Hall–Kier alpha value is -1.18. The van der Waals surface area contributed by atoms with Gasteiger partial charge in [-0.25, -0.2) is 17.5 Å². The van der Waals surface area contributed by atoms with Crippen LogP contribution in [-0.2, 0) is 10.0 Å². The van der Waals surface area contributed by atoms with Crippen molar-refractivity contribution in [2.24, 2.45) is 11.7 Å². The second-order valence-electron chi connectivity index (χ2n) is 7.08. The number of unbranched alkanes of at least 4 members (excludes halogenated alkanes) is 1. The summed E-state index contributed by atoms with van der Waals surface area (Å²) >= 11 is 0. The average molecular weight is 358 g/mol. The number of ether oxygens (including phenoxy) is 1. The van der Waals surface area contributed by atoms with Crippen LogP contribution in [0.1, 0.15) is 46.0 Å². The van der Waals surface area contributed by atoms with Gasteiger partial charge in [-0.1, -0.05) is 6.42 Å². The van der Waals surface area contributed by atoms with E-state index in [0.717, 1.165) is 31.7 Å². The molecule has 0 bridgehead atoms. The number of sulfonamides is 1. The SMILES string of the molecule is CC(C)(CCCCN)NS(=O)(=O)c1ccc(F)c(OCC2CC2)c1. The molecule has 7 heteroatoms. The predicted octanol–water partition coefficient (Wildman–Crippen LogP) is 2.80. The Morgan fingerprint density at radius 1 is 1.33 bits per heavy atom. The van der Waals surface area contributed by atoms with Gasteiger partial charge in [0.15, 0.2) is 11.6 Å². The fraction of sp³-hybridized carbons (Fsp3) is 0.647. The highest BCUT2D eigenvalue weighted by Gasteiger charge is 2.27. The Balaban J connectivity index is 2.08. The molecule has 0 aliphatic heterocycles. The Kier molecular flexibility index (Phi) is 6.22. The summed E-state index contributed by atoms with van der Waals surface area (Å²) in [7, 11) is -3.75. The van der Waals surface area contributed by atoms with E-state index in [-0.39, 0.29) is 10.6 Å². The van der Waals surface area contributed by atoms with E-state index in [9.17, 15) is 12.8 Å². The molecule has 0 atom stereocenters. The standard InChI is InChI=1S/C17H27FN2O3S/c1-17(2,9-3-4-10-19)20-24(21,22)14-7-8-15(18)16(11-14)23-12-13-5-6-13/h7-8,11,13,20H,3-6,9-10,12,19H2,1-2H3. The van der Waals surface area contributed by atoms with Crippen molar-refractivity contribution in [1.29, 1.82) is 0 Å². The lowest BCUT2D eigenvalue weighted by molar-refractivity contribution is 0.284. The highest BCUT2D eigenvalue weighted by molar-refractivity contribution is 7.89. The van der Waals surface area contributed by atoms with E-state index in [1.165, 1.54) is 12.1 Å². The van der Waals surface area contributed by atoms with Crippen LogP contribution < -0.4 is 15.2 Å². The summed E-state index contributed by atoms with van der Waals surface area (Å²) in [6.45, 7) is 4.67. The Bertz CT molecular complexity index is 658. The third-order valence-corrected chi connectivity index (χ3v) is 5.75. The molecule has 2 rings (SSSR count). The van der Waals surface area contributed by atoms with Crippen molar-refractivity contribution in [3.8, 4) is 5.75 Å². The lowest BCUT2D eigenvalue weighted by Crippen LogP contribution is -2.43. The summed E-state index contributed by atoms with van der Waals surface area (Å²) in [5, 5.41) is 0. The van der Waals surface area contributed by atoms with Crippen LogP contribution in [0.3, 0.4) is 0 Å². The summed E-state index contributed by atoms with van der Waals surface area (Å²) < 4.78 is 47.1. The molecule has 0 spiro atoms. The minimum absolute atomic E-state index is 0.00860. The molecule has 0 aromatic heterocycles. The molecule has 136 valence electrons. The number of nitrogens with one attached hydrogen (secondary N) is 1. The third kappa shape index (κ3) is 5.72. The molecule has 1 aliphatic rings. The topological polar surface area (TPSA) is 81.4 Å². The summed E-state index contributed by atoms with van der Waals surface area (Å²) in [6.07, 6.45) is 4.53. The van der Waals surface area contributed by atoms with Gasteiger partial charge < -0.3 is 10.5 Å². The number of halogens is 1. The maximum atomic E-state index is 13.8. The molecule has 0 heterocycles. The molecule has 1 aromatic rings. The number of rotatable bonds is 10. The molecule has 24 heavy (non-hydrogen) atoms. The van der Waals surface area contributed by atoms with Crippen molar-refractivity contribution in [2.45, 2.75) is 56.4 Å². The van der Waals surface area contributed by atoms with E-state index in [0.29, 0.717) is 25.5 Å². The first kappa shape index (κ1) is 19.1. The minimum Gasteiger partial charge on any atom is -0.490 e. The molecular formula is C17H27FN2O3S. The summed E-state index contributed by atoms with van der Waals surface area (Å²) in [5.74, 6) is -0.0909. The number of benzene rings is 1. The molecule has 5 nitrogen and oxygen atoms in total. The van der Waals surface area contributed by atoms with Crippen LogP contribution in [-0.4, -0.2) is 27.1 Å². The van der Waals surface area contributed by atoms with Crippen LogP contribution in [0.4, 0.5) is 4.39 Å². The van der Waals surface area contributed by atoms with Gasteiger partial charge in [0.05, 0.1) is 11.5 Å². The second-order valence-corrected chi connectivity index (χ2v) is 8.76. The molecule has 0 saturated heterocycles. The fourth-order valence-corrected chi connectivity index (χ4v) is 3.90. The van der Waals surface area contributed by atoms with Crippen LogP contribution in [0, 0.1) is 11.7 Å². The summed E-state index contributed by atoms with van der Waals surface area (Å²) in [4.78, 5) is 0.0154. The molecule has 0 amide bonds. The first-order chi connectivity index (χ1) is 11.2. The van der Waals surface area contributed by atoms with Gasteiger partial charge >= 0.3 is 0 Å². The Morgan fingerprint density at radius 2 is 2.04 bits per heavy atom. The summed E-state index contributed by atoms with van der Waals surface area (Å²) in [5.41, 5.74) is 4.87. The first-order valence-corrected chi connectivity index (χ1v) is 9.88. The Morgan fingerprint density at radius 3 is 2.67 bits per heavy atom. The fourth-order valence-electron chi connectivity index (χ4n) is 2.44. The van der Waals surface area contributed by atoms with Gasteiger partial charge in [0.25, 0.3) is 0 Å². The van der Waals surface area contributed by atoms with Crippen molar-refractivity contribution in [2.75, 3.05) is 13.2 Å². The lowest BCUT2D eigenvalue weighted by Gasteiger charge is -2.26. The van der Waals surface area contributed by atoms with Crippen molar-refractivity contribution < 1.29 is 17.5 Å². The van der Waals surface area contributed by atoms with Gasteiger partial charge in [-0.15, -0.1) is 0 Å². The van der Waals surface area contributed by atoms with E-state index in [4.69, 9.17) is 10.5 Å². The number of hydrogen-bond acceptors (Lipinski definition) is 4. The molecule has 1 fully saturated rings. The van der Waals surface area contributed by atoms with E-state index in [2.05, 4.69) is 4.72 Å². The number of nitrogens with two attached hydrogens (primary N) is 1. The zero-order chi connectivity index (χ0) is 17.8. The minimum atomic E-state index is -3.75. The quantitative estimate of drug-likeness (QED) is 0.630. The van der Waals surface area contributed by atoms with E-state index >= 15 is 0 Å². The molecule has 0 radical (unpaired) electrons. The first-order valence-electron chi connectivity index (χ1n) is 8.40. The molecule has 1 aromatic carbocycles. The number of hydrogen-bond donors (Lipinski definition) is 2. The maximum absolute atomic E-state index is 13.8.